The number of fused-ring (bicyclic) bond motifs is 1. The lowest BCUT2D eigenvalue weighted by molar-refractivity contribution is -0.139. The van der Waals surface area contributed by atoms with Gasteiger partial charge in [0.1, 0.15) is 11.6 Å². The number of rotatable bonds is 6. The van der Waals surface area contributed by atoms with Gasteiger partial charge < -0.3 is 9.84 Å². The van der Waals surface area contributed by atoms with E-state index in [0.29, 0.717) is 16.6 Å². The van der Waals surface area contributed by atoms with Crippen molar-refractivity contribution in [2.24, 2.45) is 5.10 Å². The highest BCUT2D eigenvalue weighted by Gasteiger charge is 2.03. The van der Waals surface area contributed by atoms with E-state index in [1.807, 2.05) is 25.1 Å². The standard InChI is InChI=1S/C19H16ClN3O3/c1-12-8-18(22-17-7-4-14(20)9-16(12)17)23-21-10-13-2-5-15(6-3-13)26-11-19(24)25/h2-10H,11H2,1H3,(H,22,23)(H,24,25)/b21-10+. The van der Waals surface area contributed by atoms with Gasteiger partial charge in [-0.3, -0.25) is 5.43 Å². The fourth-order valence-corrected chi connectivity index (χ4v) is 2.56. The zero-order valence-corrected chi connectivity index (χ0v) is 14.7. The fourth-order valence-electron chi connectivity index (χ4n) is 2.39. The van der Waals surface area contributed by atoms with Crippen molar-refractivity contribution in [1.82, 2.24) is 4.98 Å². The third-order valence-corrected chi connectivity index (χ3v) is 3.85. The van der Waals surface area contributed by atoms with Crippen molar-refractivity contribution in [3.05, 3.63) is 64.7 Å². The van der Waals surface area contributed by atoms with Gasteiger partial charge in [0, 0.05) is 10.4 Å². The van der Waals surface area contributed by atoms with Crippen molar-refractivity contribution in [3.8, 4) is 5.75 Å². The van der Waals surface area contributed by atoms with Gasteiger partial charge in [0.05, 0.1) is 11.7 Å². The summed E-state index contributed by atoms with van der Waals surface area (Å²) in [4.78, 5) is 15.0. The Kier molecular flexibility index (Phi) is 5.34. The van der Waals surface area contributed by atoms with Gasteiger partial charge in [-0.05, 0) is 66.6 Å². The number of anilines is 1. The minimum absolute atomic E-state index is 0.368. The number of aryl methyl sites for hydroxylation is 1. The van der Waals surface area contributed by atoms with Crippen molar-refractivity contribution in [1.29, 1.82) is 0 Å². The largest absolute Gasteiger partial charge is 0.482 e. The first-order valence-corrected chi connectivity index (χ1v) is 8.20. The Bertz CT molecular complexity index is 972. The summed E-state index contributed by atoms with van der Waals surface area (Å²) in [6.07, 6.45) is 1.64. The summed E-state index contributed by atoms with van der Waals surface area (Å²) < 4.78 is 5.08. The predicted molar refractivity (Wildman–Crippen MR) is 102 cm³/mol. The number of nitrogens with one attached hydrogen (secondary N) is 1. The summed E-state index contributed by atoms with van der Waals surface area (Å²) in [5.41, 5.74) is 5.64. The topological polar surface area (TPSA) is 83.8 Å². The summed E-state index contributed by atoms with van der Waals surface area (Å²) in [6, 6.07) is 14.4. The molecule has 3 aromatic rings. The van der Waals surface area contributed by atoms with E-state index in [-0.39, 0.29) is 6.61 Å². The smallest absolute Gasteiger partial charge is 0.341 e. The number of carboxylic acid groups (broad SMARTS) is 1. The summed E-state index contributed by atoms with van der Waals surface area (Å²) in [6.45, 7) is 1.62. The molecule has 0 unspecified atom stereocenters. The van der Waals surface area contributed by atoms with Crippen LogP contribution in [-0.4, -0.2) is 28.9 Å². The first-order chi connectivity index (χ1) is 12.5. The van der Waals surface area contributed by atoms with Crippen LogP contribution in [0, 0.1) is 6.92 Å². The normalized spacial score (nSPS) is 11.0. The molecule has 1 heterocycles. The summed E-state index contributed by atoms with van der Waals surface area (Å²) >= 11 is 6.02. The second-order valence-corrected chi connectivity index (χ2v) is 6.04. The number of hydrogen-bond acceptors (Lipinski definition) is 5. The maximum Gasteiger partial charge on any atom is 0.341 e. The average molecular weight is 370 g/mol. The second kappa shape index (κ2) is 7.84. The fraction of sp³-hybridized carbons (Fsp3) is 0.105. The summed E-state index contributed by atoms with van der Waals surface area (Å²) in [5, 5.41) is 14.5. The Balaban J connectivity index is 1.67. The van der Waals surface area contributed by atoms with Gasteiger partial charge in [0.25, 0.3) is 0 Å². The van der Waals surface area contributed by atoms with E-state index < -0.39 is 5.97 Å². The molecule has 0 bridgehead atoms. The van der Waals surface area contributed by atoms with Gasteiger partial charge in [0.2, 0.25) is 0 Å². The van der Waals surface area contributed by atoms with Crippen molar-refractivity contribution in [2.45, 2.75) is 6.92 Å². The quantitative estimate of drug-likeness (QED) is 0.504. The number of ether oxygens (including phenoxy) is 1. The van der Waals surface area contributed by atoms with Crippen molar-refractivity contribution < 1.29 is 14.6 Å². The van der Waals surface area contributed by atoms with Crippen LogP contribution in [0.2, 0.25) is 5.02 Å². The van der Waals surface area contributed by atoms with Crippen LogP contribution in [-0.2, 0) is 4.79 Å². The van der Waals surface area contributed by atoms with Gasteiger partial charge in [-0.2, -0.15) is 5.10 Å². The number of hydrogen-bond donors (Lipinski definition) is 2. The Labute approximate surface area is 155 Å². The highest BCUT2D eigenvalue weighted by atomic mass is 35.5. The molecule has 132 valence electrons. The molecular formula is C19H16ClN3O3. The lowest BCUT2D eigenvalue weighted by atomic mass is 10.1. The van der Waals surface area contributed by atoms with Crippen LogP contribution in [0.3, 0.4) is 0 Å². The van der Waals surface area contributed by atoms with Gasteiger partial charge >= 0.3 is 5.97 Å². The number of carbonyl (C=O) groups is 1. The zero-order valence-electron chi connectivity index (χ0n) is 13.9. The SMILES string of the molecule is Cc1cc(N/N=C/c2ccc(OCC(=O)O)cc2)nc2ccc(Cl)cc12. The number of halogens is 1. The minimum atomic E-state index is -1.01. The van der Waals surface area contributed by atoms with E-state index >= 15 is 0 Å². The average Bonchev–Trinajstić information content (AvgIpc) is 2.62. The van der Waals surface area contributed by atoms with E-state index in [1.165, 1.54) is 0 Å². The summed E-state index contributed by atoms with van der Waals surface area (Å²) in [5.74, 6) is 0.110. The van der Waals surface area contributed by atoms with Crippen LogP contribution >= 0.6 is 11.6 Å². The Morgan fingerprint density at radius 1 is 1.27 bits per heavy atom. The van der Waals surface area contributed by atoms with Gasteiger partial charge in [0.15, 0.2) is 6.61 Å². The van der Waals surface area contributed by atoms with Crippen LogP contribution in [0.5, 0.6) is 5.75 Å². The van der Waals surface area contributed by atoms with Crippen LogP contribution in [0.1, 0.15) is 11.1 Å². The van der Waals surface area contributed by atoms with Gasteiger partial charge in [-0.1, -0.05) is 11.6 Å². The van der Waals surface area contributed by atoms with Crippen LogP contribution < -0.4 is 10.2 Å². The molecule has 3 rings (SSSR count). The zero-order chi connectivity index (χ0) is 18.5. The molecule has 1 aromatic heterocycles. The van der Waals surface area contributed by atoms with Crippen molar-refractivity contribution in [3.63, 3.8) is 0 Å². The maximum absolute atomic E-state index is 10.5. The van der Waals surface area contributed by atoms with E-state index in [1.54, 1.807) is 36.5 Å². The number of pyridine rings is 1. The molecular weight excluding hydrogens is 354 g/mol. The van der Waals surface area contributed by atoms with Crippen molar-refractivity contribution >= 4 is 40.5 Å². The molecule has 0 amide bonds. The van der Waals surface area contributed by atoms with Gasteiger partial charge in [-0.15, -0.1) is 0 Å². The minimum Gasteiger partial charge on any atom is -0.482 e. The molecule has 0 aliphatic rings. The Hall–Kier alpha value is -3.12. The summed E-state index contributed by atoms with van der Waals surface area (Å²) in [7, 11) is 0. The Morgan fingerprint density at radius 2 is 2.04 bits per heavy atom. The van der Waals surface area contributed by atoms with Gasteiger partial charge in [-0.25, -0.2) is 9.78 Å². The highest BCUT2D eigenvalue weighted by Crippen LogP contribution is 2.23. The third-order valence-electron chi connectivity index (χ3n) is 3.61. The van der Waals surface area contributed by atoms with E-state index in [0.717, 1.165) is 22.0 Å². The van der Waals surface area contributed by atoms with Crippen LogP contribution in [0.25, 0.3) is 10.9 Å². The Morgan fingerprint density at radius 3 is 2.77 bits per heavy atom. The highest BCUT2D eigenvalue weighted by molar-refractivity contribution is 6.31. The van der Waals surface area contributed by atoms with E-state index in [4.69, 9.17) is 21.4 Å². The molecule has 0 atom stereocenters. The lowest BCUT2D eigenvalue weighted by Gasteiger charge is -2.06. The molecule has 2 N–H and O–H groups in total. The molecule has 26 heavy (non-hydrogen) atoms. The molecule has 0 saturated carbocycles. The molecule has 0 spiro atoms. The van der Waals surface area contributed by atoms with E-state index in [2.05, 4.69) is 15.5 Å². The first kappa shape index (κ1) is 17.7. The number of aliphatic carboxylic acids is 1. The van der Waals surface area contributed by atoms with Crippen LogP contribution in [0.15, 0.2) is 53.6 Å². The molecule has 0 fully saturated rings. The van der Waals surface area contributed by atoms with Crippen LogP contribution in [0.4, 0.5) is 5.82 Å². The maximum atomic E-state index is 10.5. The first-order valence-electron chi connectivity index (χ1n) is 7.82. The number of hydrazone groups is 1. The molecule has 0 aliphatic heterocycles. The molecule has 7 heteroatoms. The number of benzene rings is 2. The number of nitrogens with zero attached hydrogens (tertiary/aromatic N) is 2. The lowest BCUT2D eigenvalue weighted by Crippen LogP contribution is -2.09. The molecule has 6 nitrogen and oxygen atoms in total. The molecule has 0 saturated heterocycles. The molecule has 0 aliphatic carbocycles. The number of aromatic nitrogens is 1. The molecule has 2 aromatic carbocycles. The molecule has 0 radical (unpaired) electrons. The second-order valence-electron chi connectivity index (χ2n) is 5.61. The monoisotopic (exact) mass is 369 g/mol. The van der Waals surface area contributed by atoms with E-state index in [9.17, 15) is 4.79 Å². The van der Waals surface area contributed by atoms with Crippen molar-refractivity contribution in [2.75, 3.05) is 12.0 Å². The predicted octanol–water partition coefficient (Wildman–Crippen LogP) is 4.11. The third kappa shape index (κ3) is 4.49. The number of carboxylic acids is 1.